The predicted octanol–water partition coefficient (Wildman–Crippen LogP) is 2.81. The number of rotatable bonds is 1. The molecule has 0 saturated heterocycles. The number of hydrogen-bond donors (Lipinski definition) is 4. The number of hydrogen-bond acceptors (Lipinski definition) is 6. The number of anilines is 2. The Kier molecular flexibility index (Phi) is 5.72. The van der Waals surface area contributed by atoms with Crippen molar-refractivity contribution >= 4 is 23.4 Å². The first-order valence-electron chi connectivity index (χ1n) is 8.71. The third kappa shape index (κ3) is 4.19. The summed E-state index contributed by atoms with van der Waals surface area (Å²) < 4.78 is 4.60. The molecule has 3 rings (SSSR count). The van der Waals surface area contributed by atoms with Crippen molar-refractivity contribution in [3.05, 3.63) is 41.9 Å². The van der Waals surface area contributed by atoms with Crippen molar-refractivity contribution in [2.45, 2.75) is 25.3 Å². The smallest absolute Gasteiger partial charge is 0.411 e. The number of allylic oxidation sites excluding steroid dienone is 1. The van der Waals surface area contributed by atoms with E-state index in [1.54, 1.807) is 18.2 Å². The van der Waals surface area contributed by atoms with Gasteiger partial charge < -0.3 is 20.8 Å². The highest BCUT2D eigenvalue weighted by Crippen LogP contribution is 2.33. The first kappa shape index (κ1) is 19.1. The molecule has 0 radical (unpaired) electrons. The van der Waals surface area contributed by atoms with Gasteiger partial charge >= 0.3 is 6.09 Å². The van der Waals surface area contributed by atoms with E-state index in [1.165, 1.54) is 7.11 Å². The van der Waals surface area contributed by atoms with E-state index in [-0.39, 0.29) is 11.6 Å². The van der Waals surface area contributed by atoms with Gasteiger partial charge in [-0.25, -0.2) is 9.78 Å². The van der Waals surface area contributed by atoms with Crippen molar-refractivity contribution in [3.63, 3.8) is 0 Å². The molecule has 1 aliphatic heterocycles. The minimum atomic E-state index is -0.631. The Hall–Kier alpha value is -3.64. The second-order valence-electron chi connectivity index (χ2n) is 6.23. The fourth-order valence-corrected chi connectivity index (χ4v) is 2.85. The van der Waals surface area contributed by atoms with Gasteiger partial charge in [0.2, 0.25) is 5.91 Å². The number of aromatic amines is 1. The normalized spacial score (nSPS) is 16.5. The van der Waals surface area contributed by atoms with Gasteiger partial charge in [0.15, 0.2) is 5.69 Å². The number of carbonyl (C=O) groups excluding carboxylic acids is 2. The summed E-state index contributed by atoms with van der Waals surface area (Å²) in [6.07, 6.45) is 4.55. The fourth-order valence-electron chi connectivity index (χ4n) is 2.85. The average Bonchev–Trinajstić information content (AvgIpc) is 3.11. The summed E-state index contributed by atoms with van der Waals surface area (Å²) in [4.78, 5) is 31.3. The highest BCUT2D eigenvalue weighted by molar-refractivity contribution is 5.97. The summed E-state index contributed by atoms with van der Waals surface area (Å²) >= 11 is 0. The van der Waals surface area contributed by atoms with Gasteiger partial charge in [0, 0.05) is 17.7 Å². The highest BCUT2D eigenvalue weighted by Gasteiger charge is 2.20. The second-order valence-corrected chi connectivity index (χ2v) is 6.23. The maximum absolute atomic E-state index is 12.3. The molecule has 1 atom stereocenters. The molecule has 144 valence electrons. The zero-order valence-corrected chi connectivity index (χ0v) is 15.3. The minimum Gasteiger partial charge on any atom is -0.453 e. The molecule has 0 unspecified atom stereocenters. The monoisotopic (exact) mass is 380 g/mol. The number of ether oxygens (including phenoxy) is 1. The number of imidazole rings is 1. The van der Waals surface area contributed by atoms with Crippen LogP contribution in [-0.2, 0) is 9.53 Å². The van der Waals surface area contributed by atoms with Crippen LogP contribution in [0.15, 0.2) is 30.4 Å². The van der Waals surface area contributed by atoms with Gasteiger partial charge in [0.1, 0.15) is 11.9 Å². The molecular formula is C19H20N6O3. The molecule has 2 amide bonds. The molecule has 1 aromatic carbocycles. The summed E-state index contributed by atoms with van der Waals surface area (Å²) in [5.41, 5.74) is 8.24. The Bertz CT molecular complexity index is 973. The van der Waals surface area contributed by atoms with E-state index in [0.717, 1.165) is 0 Å². The lowest BCUT2D eigenvalue weighted by Gasteiger charge is -2.13. The molecule has 9 nitrogen and oxygen atoms in total. The molecular weight excluding hydrogens is 360 g/mol. The Labute approximate surface area is 161 Å². The number of benzene rings is 1. The Morgan fingerprint density at radius 2 is 2.25 bits per heavy atom. The highest BCUT2D eigenvalue weighted by atomic mass is 16.5. The van der Waals surface area contributed by atoms with E-state index in [0.29, 0.717) is 47.7 Å². The first-order chi connectivity index (χ1) is 13.5. The topological polar surface area (TPSA) is 146 Å². The molecule has 28 heavy (non-hydrogen) atoms. The maximum Gasteiger partial charge on any atom is 0.411 e. The van der Waals surface area contributed by atoms with Crippen molar-refractivity contribution in [3.8, 4) is 17.3 Å². The number of fused-ring (bicyclic) bond motifs is 4. The number of methoxy groups -OCH3 is 1. The number of nitriles is 1. The summed E-state index contributed by atoms with van der Waals surface area (Å²) in [6.45, 7) is 0. The van der Waals surface area contributed by atoms with E-state index in [2.05, 4.69) is 31.4 Å². The van der Waals surface area contributed by atoms with Crippen molar-refractivity contribution in [2.24, 2.45) is 5.73 Å². The van der Waals surface area contributed by atoms with Gasteiger partial charge in [-0.3, -0.25) is 10.1 Å². The third-order valence-electron chi connectivity index (χ3n) is 4.27. The first-order valence-corrected chi connectivity index (χ1v) is 8.71. The second kappa shape index (κ2) is 8.37. The van der Waals surface area contributed by atoms with Gasteiger partial charge in [0.25, 0.3) is 0 Å². The van der Waals surface area contributed by atoms with Gasteiger partial charge in [-0.15, -0.1) is 0 Å². The van der Waals surface area contributed by atoms with Crippen molar-refractivity contribution < 1.29 is 14.3 Å². The van der Waals surface area contributed by atoms with Gasteiger partial charge in [0.05, 0.1) is 24.5 Å². The molecule has 0 spiro atoms. The van der Waals surface area contributed by atoms with Gasteiger partial charge in [-0.05, 0) is 31.0 Å². The number of amides is 2. The number of aromatic nitrogens is 2. The quantitative estimate of drug-likeness (QED) is 0.560. The van der Waals surface area contributed by atoms with Crippen LogP contribution in [0.5, 0.6) is 0 Å². The third-order valence-corrected chi connectivity index (χ3v) is 4.27. The predicted molar refractivity (Wildman–Crippen MR) is 103 cm³/mol. The lowest BCUT2D eigenvalue weighted by Crippen LogP contribution is -2.14. The summed E-state index contributed by atoms with van der Waals surface area (Å²) in [5, 5.41) is 14.9. The molecule has 1 aromatic heterocycles. The zero-order valence-electron chi connectivity index (χ0n) is 15.3. The summed E-state index contributed by atoms with van der Waals surface area (Å²) in [5.74, 6) is 0.299. The van der Waals surface area contributed by atoms with Crippen molar-refractivity contribution in [2.75, 3.05) is 17.7 Å². The van der Waals surface area contributed by atoms with Crippen LogP contribution in [0.1, 0.15) is 36.8 Å². The van der Waals surface area contributed by atoms with E-state index >= 15 is 0 Å². The van der Waals surface area contributed by atoms with Crippen LogP contribution in [0.25, 0.3) is 11.3 Å². The molecule has 9 heteroatoms. The Morgan fingerprint density at radius 3 is 3.00 bits per heavy atom. The van der Waals surface area contributed by atoms with E-state index in [9.17, 15) is 14.9 Å². The standard InChI is InChI=1S/C19H20N6O3/c1-28-19(27)22-11-7-8-12-14(9-11)23-16(26)6-4-2-3-5-13(21)18-24-15(10-20)17(12)25-18/h2-3,7-9,13H,4-6,21H2,1H3,(H,22,27)(H,23,26)(H,24,25)/t13-/m0/s1. The zero-order chi connectivity index (χ0) is 20.1. The summed E-state index contributed by atoms with van der Waals surface area (Å²) in [7, 11) is 1.26. The van der Waals surface area contributed by atoms with Crippen LogP contribution < -0.4 is 16.4 Å². The van der Waals surface area contributed by atoms with Crippen molar-refractivity contribution in [1.82, 2.24) is 9.97 Å². The SMILES string of the molecule is COC(=O)Nc1ccc2c(c1)NC(=O)CCC=CC[C@H](N)c1nc(C#N)c-2[nH]1. The fraction of sp³-hybridized carbons (Fsp3) is 0.263. The minimum absolute atomic E-state index is 0.177. The van der Waals surface area contributed by atoms with Gasteiger partial charge in [-0.2, -0.15) is 5.26 Å². The van der Waals surface area contributed by atoms with Crippen LogP contribution >= 0.6 is 0 Å². The molecule has 0 saturated carbocycles. The number of nitrogens with one attached hydrogen (secondary N) is 3. The number of carbonyl (C=O) groups is 2. The molecule has 1 aliphatic rings. The maximum atomic E-state index is 12.3. The molecule has 0 aliphatic carbocycles. The Morgan fingerprint density at radius 1 is 1.43 bits per heavy atom. The largest absolute Gasteiger partial charge is 0.453 e. The van der Waals surface area contributed by atoms with Gasteiger partial charge in [-0.1, -0.05) is 12.2 Å². The molecule has 2 heterocycles. The van der Waals surface area contributed by atoms with Crippen LogP contribution in [0, 0.1) is 11.3 Å². The molecule has 2 bridgehead atoms. The molecule has 2 aromatic rings. The van der Waals surface area contributed by atoms with Crippen LogP contribution in [0.4, 0.5) is 16.2 Å². The number of nitrogens with zero attached hydrogens (tertiary/aromatic N) is 2. The number of H-pyrrole nitrogens is 1. The van der Waals surface area contributed by atoms with E-state index in [1.807, 2.05) is 12.2 Å². The van der Waals surface area contributed by atoms with Crippen LogP contribution in [0.2, 0.25) is 0 Å². The van der Waals surface area contributed by atoms with E-state index < -0.39 is 12.1 Å². The molecule has 0 fully saturated rings. The Balaban J connectivity index is 2.11. The number of nitrogens with two attached hydrogens (primary N) is 1. The van der Waals surface area contributed by atoms with Crippen molar-refractivity contribution in [1.29, 1.82) is 5.26 Å². The summed E-state index contributed by atoms with van der Waals surface area (Å²) in [6, 6.07) is 6.58. The lowest BCUT2D eigenvalue weighted by molar-refractivity contribution is -0.116. The molecule has 5 N–H and O–H groups in total. The van der Waals surface area contributed by atoms with Crippen LogP contribution in [-0.4, -0.2) is 29.1 Å². The average molecular weight is 380 g/mol. The van der Waals surface area contributed by atoms with E-state index in [4.69, 9.17) is 5.73 Å². The lowest BCUT2D eigenvalue weighted by atomic mass is 10.1. The van der Waals surface area contributed by atoms with Crippen LogP contribution in [0.3, 0.4) is 0 Å².